The lowest BCUT2D eigenvalue weighted by atomic mass is 9.95. The summed E-state index contributed by atoms with van der Waals surface area (Å²) in [5.74, 6) is 3.54. The lowest BCUT2D eigenvalue weighted by Gasteiger charge is -2.18. The highest BCUT2D eigenvalue weighted by atomic mass is 32.2. The number of aliphatic hydroxyl groups is 1. The van der Waals surface area contributed by atoms with Gasteiger partial charge in [0, 0.05) is 0 Å². The van der Waals surface area contributed by atoms with Crippen LogP contribution in [-0.4, -0.2) is 22.7 Å². The van der Waals surface area contributed by atoms with Gasteiger partial charge in [-0.2, -0.15) is 11.8 Å². The first-order chi connectivity index (χ1) is 8.16. The van der Waals surface area contributed by atoms with Crippen molar-refractivity contribution in [2.75, 3.05) is 11.5 Å². The van der Waals surface area contributed by atoms with Crippen LogP contribution in [0.5, 0.6) is 5.75 Å². The summed E-state index contributed by atoms with van der Waals surface area (Å²) in [6, 6.07) is 7.85. The van der Waals surface area contributed by atoms with E-state index in [4.69, 9.17) is 4.74 Å². The van der Waals surface area contributed by atoms with Crippen LogP contribution in [-0.2, 0) is 0 Å². The van der Waals surface area contributed by atoms with Gasteiger partial charge in [-0.3, -0.25) is 0 Å². The van der Waals surface area contributed by atoms with E-state index in [0.29, 0.717) is 5.92 Å². The lowest BCUT2D eigenvalue weighted by molar-refractivity contribution is 0.121. The summed E-state index contributed by atoms with van der Waals surface area (Å²) in [6.45, 7) is 4.02. The zero-order chi connectivity index (χ0) is 12.3. The summed E-state index contributed by atoms with van der Waals surface area (Å²) in [7, 11) is 0. The molecule has 2 unspecified atom stereocenters. The zero-order valence-electron chi connectivity index (χ0n) is 10.4. The van der Waals surface area contributed by atoms with Gasteiger partial charge in [-0.15, -0.1) is 0 Å². The quantitative estimate of drug-likeness (QED) is 0.892. The minimum atomic E-state index is -0.321. The predicted octanol–water partition coefficient (Wildman–Crippen LogP) is 3.26. The second kappa shape index (κ2) is 5.78. The molecule has 1 saturated heterocycles. The monoisotopic (exact) mass is 252 g/mol. The van der Waals surface area contributed by atoms with Gasteiger partial charge in [0.1, 0.15) is 5.75 Å². The van der Waals surface area contributed by atoms with E-state index in [0.717, 1.165) is 23.5 Å². The zero-order valence-corrected chi connectivity index (χ0v) is 11.2. The van der Waals surface area contributed by atoms with Gasteiger partial charge in [0.05, 0.1) is 12.2 Å². The van der Waals surface area contributed by atoms with Crippen molar-refractivity contribution < 1.29 is 9.84 Å². The molecule has 94 valence electrons. The molecule has 0 aromatic heterocycles. The molecule has 1 N–H and O–H groups in total. The SMILES string of the molecule is CC(C)Oc1ccc(C(O)C2CCSC2)cc1. The van der Waals surface area contributed by atoms with Crippen LogP contribution in [0, 0.1) is 5.92 Å². The van der Waals surface area contributed by atoms with E-state index in [-0.39, 0.29) is 12.2 Å². The molecule has 1 aromatic carbocycles. The number of thioether (sulfide) groups is 1. The van der Waals surface area contributed by atoms with Crippen molar-refractivity contribution in [3.8, 4) is 5.75 Å². The maximum atomic E-state index is 10.2. The highest BCUT2D eigenvalue weighted by Gasteiger charge is 2.24. The maximum Gasteiger partial charge on any atom is 0.119 e. The summed E-state index contributed by atoms with van der Waals surface area (Å²) in [6.07, 6.45) is 0.992. The third-order valence-corrected chi connectivity index (χ3v) is 4.19. The molecule has 1 aliphatic heterocycles. The molecule has 0 radical (unpaired) electrons. The molecule has 2 atom stereocenters. The first kappa shape index (κ1) is 12.8. The fourth-order valence-corrected chi connectivity index (χ4v) is 3.38. The van der Waals surface area contributed by atoms with Crippen molar-refractivity contribution in [1.29, 1.82) is 0 Å². The predicted molar refractivity (Wildman–Crippen MR) is 72.6 cm³/mol. The number of rotatable bonds is 4. The standard InChI is InChI=1S/C14H20O2S/c1-10(2)16-13-5-3-11(4-6-13)14(15)12-7-8-17-9-12/h3-6,10,12,14-15H,7-9H2,1-2H3. The van der Waals surface area contributed by atoms with E-state index >= 15 is 0 Å². The normalized spacial score (nSPS) is 21.8. The molecule has 0 amide bonds. The summed E-state index contributed by atoms with van der Waals surface area (Å²) < 4.78 is 5.59. The van der Waals surface area contributed by atoms with E-state index in [1.165, 1.54) is 5.75 Å². The average molecular weight is 252 g/mol. The van der Waals surface area contributed by atoms with E-state index in [1.807, 2.05) is 49.9 Å². The van der Waals surface area contributed by atoms with Crippen LogP contribution in [0.25, 0.3) is 0 Å². The Bertz CT molecular complexity index is 342. The van der Waals surface area contributed by atoms with Gasteiger partial charge in [0.2, 0.25) is 0 Å². The van der Waals surface area contributed by atoms with Crippen molar-refractivity contribution >= 4 is 11.8 Å². The highest BCUT2D eigenvalue weighted by molar-refractivity contribution is 7.99. The van der Waals surface area contributed by atoms with E-state index in [1.54, 1.807) is 0 Å². The third-order valence-electron chi connectivity index (χ3n) is 3.00. The first-order valence-electron chi connectivity index (χ1n) is 6.19. The van der Waals surface area contributed by atoms with Crippen LogP contribution >= 0.6 is 11.8 Å². The largest absolute Gasteiger partial charge is 0.491 e. The van der Waals surface area contributed by atoms with Crippen LogP contribution in [0.4, 0.5) is 0 Å². The minimum absolute atomic E-state index is 0.192. The van der Waals surface area contributed by atoms with Crippen molar-refractivity contribution in [3.05, 3.63) is 29.8 Å². The summed E-state index contributed by atoms with van der Waals surface area (Å²) >= 11 is 1.93. The smallest absolute Gasteiger partial charge is 0.119 e. The fourth-order valence-electron chi connectivity index (χ4n) is 2.09. The Hall–Kier alpha value is -0.670. The number of aliphatic hydroxyl groups excluding tert-OH is 1. The molecule has 0 spiro atoms. The number of hydrogen-bond acceptors (Lipinski definition) is 3. The van der Waals surface area contributed by atoms with Crippen molar-refractivity contribution in [1.82, 2.24) is 0 Å². The molecule has 1 aromatic rings. The van der Waals surface area contributed by atoms with E-state index in [9.17, 15) is 5.11 Å². The van der Waals surface area contributed by atoms with Crippen LogP contribution in [0.3, 0.4) is 0 Å². The Balaban J connectivity index is 2.01. The summed E-state index contributed by atoms with van der Waals surface area (Å²) in [4.78, 5) is 0. The third kappa shape index (κ3) is 3.39. The molecule has 3 heteroatoms. The second-order valence-corrected chi connectivity index (χ2v) is 5.95. The average Bonchev–Trinajstić information content (AvgIpc) is 2.82. The molecular formula is C14H20O2S. The Morgan fingerprint density at radius 1 is 1.29 bits per heavy atom. The molecule has 2 nitrogen and oxygen atoms in total. The minimum Gasteiger partial charge on any atom is -0.491 e. The van der Waals surface area contributed by atoms with Gasteiger partial charge in [0.25, 0.3) is 0 Å². The number of ether oxygens (including phenoxy) is 1. The van der Waals surface area contributed by atoms with Gasteiger partial charge in [-0.25, -0.2) is 0 Å². The first-order valence-corrected chi connectivity index (χ1v) is 7.34. The molecular weight excluding hydrogens is 232 g/mol. The molecule has 2 rings (SSSR count). The van der Waals surface area contributed by atoms with Crippen LogP contribution in [0.1, 0.15) is 31.9 Å². The molecule has 17 heavy (non-hydrogen) atoms. The maximum absolute atomic E-state index is 10.2. The van der Waals surface area contributed by atoms with Crippen molar-refractivity contribution in [2.45, 2.75) is 32.5 Å². The molecule has 1 heterocycles. The molecule has 1 aliphatic rings. The Kier molecular flexibility index (Phi) is 4.35. The summed E-state index contributed by atoms with van der Waals surface area (Å²) in [5.41, 5.74) is 1.01. The summed E-state index contributed by atoms with van der Waals surface area (Å²) in [5, 5.41) is 10.2. The van der Waals surface area contributed by atoms with Crippen molar-refractivity contribution in [2.24, 2.45) is 5.92 Å². The van der Waals surface area contributed by atoms with Crippen molar-refractivity contribution in [3.63, 3.8) is 0 Å². The Morgan fingerprint density at radius 2 is 2.00 bits per heavy atom. The lowest BCUT2D eigenvalue weighted by Crippen LogP contribution is -2.12. The van der Waals surface area contributed by atoms with E-state index in [2.05, 4.69) is 0 Å². The molecule has 0 saturated carbocycles. The molecule has 0 bridgehead atoms. The van der Waals surface area contributed by atoms with Crippen LogP contribution in [0.15, 0.2) is 24.3 Å². The second-order valence-electron chi connectivity index (χ2n) is 4.80. The highest BCUT2D eigenvalue weighted by Crippen LogP contribution is 2.34. The topological polar surface area (TPSA) is 29.5 Å². The van der Waals surface area contributed by atoms with Gasteiger partial charge >= 0.3 is 0 Å². The Morgan fingerprint density at radius 3 is 2.53 bits per heavy atom. The van der Waals surface area contributed by atoms with Gasteiger partial charge in [-0.05, 0) is 55.4 Å². The molecule has 0 aliphatic carbocycles. The van der Waals surface area contributed by atoms with Crippen LogP contribution < -0.4 is 4.74 Å². The van der Waals surface area contributed by atoms with Gasteiger partial charge in [0.15, 0.2) is 0 Å². The fraction of sp³-hybridized carbons (Fsp3) is 0.571. The molecule has 1 fully saturated rings. The Labute approximate surface area is 107 Å². The van der Waals surface area contributed by atoms with Crippen LogP contribution in [0.2, 0.25) is 0 Å². The van der Waals surface area contributed by atoms with Gasteiger partial charge in [-0.1, -0.05) is 12.1 Å². The number of hydrogen-bond donors (Lipinski definition) is 1. The number of benzene rings is 1. The van der Waals surface area contributed by atoms with E-state index < -0.39 is 0 Å². The van der Waals surface area contributed by atoms with Gasteiger partial charge < -0.3 is 9.84 Å².